The van der Waals surface area contributed by atoms with Crippen LogP contribution in [-0.4, -0.2) is 19.8 Å². The fourth-order valence-corrected chi connectivity index (χ4v) is 1.32. The molecule has 0 radical (unpaired) electrons. The van der Waals surface area contributed by atoms with Crippen molar-refractivity contribution in [2.75, 3.05) is 13.7 Å². The molecule has 3 heteroatoms. The normalized spacial score (nSPS) is 12.8. The first-order valence-corrected chi connectivity index (χ1v) is 5.12. The van der Waals surface area contributed by atoms with E-state index >= 15 is 0 Å². The fraction of sp³-hybridized carbons (Fsp3) is 0.500. The largest absolute Gasteiger partial charge is 0.380 e. The Morgan fingerprint density at radius 3 is 2.80 bits per heavy atom. The molecule has 0 aliphatic carbocycles. The third-order valence-corrected chi connectivity index (χ3v) is 2.39. The summed E-state index contributed by atoms with van der Waals surface area (Å²) in [6.45, 7) is 5.32. The molecule has 1 N–H and O–H groups in total. The highest BCUT2D eigenvalue weighted by Crippen LogP contribution is 2.08. The van der Waals surface area contributed by atoms with Gasteiger partial charge in [0, 0.05) is 20.2 Å². The molecule has 0 fully saturated rings. The van der Waals surface area contributed by atoms with Crippen LogP contribution in [0.25, 0.3) is 0 Å². The summed E-state index contributed by atoms with van der Waals surface area (Å²) < 4.78 is 18.1. The van der Waals surface area contributed by atoms with E-state index in [1.54, 1.807) is 20.1 Å². The maximum absolute atomic E-state index is 13.0. The zero-order chi connectivity index (χ0) is 11.3. The molecule has 1 rings (SSSR count). The van der Waals surface area contributed by atoms with Crippen molar-refractivity contribution in [3.05, 3.63) is 35.1 Å². The molecule has 1 atom stereocenters. The summed E-state index contributed by atoms with van der Waals surface area (Å²) >= 11 is 0. The molecule has 1 unspecified atom stereocenters. The molecule has 0 heterocycles. The summed E-state index contributed by atoms with van der Waals surface area (Å²) in [4.78, 5) is 0. The molecular weight excluding hydrogens is 193 g/mol. The second-order valence-electron chi connectivity index (χ2n) is 3.76. The van der Waals surface area contributed by atoms with Crippen LogP contribution in [0, 0.1) is 12.7 Å². The van der Waals surface area contributed by atoms with Crippen LogP contribution in [0.3, 0.4) is 0 Å². The summed E-state index contributed by atoms with van der Waals surface area (Å²) in [5.74, 6) is -0.149. The fourth-order valence-electron chi connectivity index (χ4n) is 1.32. The van der Waals surface area contributed by atoms with E-state index in [0.29, 0.717) is 5.56 Å². The van der Waals surface area contributed by atoms with Gasteiger partial charge in [0.15, 0.2) is 0 Å². The van der Waals surface area contributed by atoms with E-state index in [0.717, 1.165) is 18.7 Å². The number of rotatable bonds is 5. The maximum Gasteiger partial charge on any atom is 0.126 e. The minimum absolute atomic E-state index is 0.149. The number of benzene rings is 1. The molecule has 0 saturated carbocycles. The van der Waals surface area contributed by atoms with Crippen molar-refractivity contribution in [3.63, 3.8) is 0 Å². The van der Waals surface area contributed by atoms with Gasteiger partial charge in [0.2, 0.25) is 0 Å². The predicted molar refractivity (Wildman–Crippen MR) is 59.3 cm³/mol. The molecule has 0 aromatic heterocycles. The van der Waals surface area contributed by atoms with Crippen molar-refractivity contribution in [2.24, 2.45) is 0 Å². The number of hydrogen-bond donors (Lipinski definition) is 1. The van der Waals surface area contributed by atoms with Crippen LogP contribution in [0.5, 0.6) is 0 Å². The standard InChI is InChI=1S/C12H18FNO/c1-9-6-11(4-5-12(9)13)8-14-7-10(2)15-3/h4-6,10,14H,7-8H2,1-3H3. The van der Waals surface area contributed by atoms with E-state index < -0.39 is 0 Å². The summed E-state index contributed by atoms with van der Waals surface area (Å²) in [6, 6.07) is 5.17. The smallest absolute Gasteiger partial charge is 0.126 e. The summed E-state index contributed by atoms with van der Waals surface area (Å²) in [6.07, 6.45) is 0.201. The van der Waals surface area contributed by atoms with E-state index in [2.05, 4.69) is 5.32 Å². The van der Waals surface area contributed by atoms with Gasteiger partial charge in [0.1, 0.15) is 5.82 Å². The van der Waals surface area contributed by atoms with Crippen molar-refractivity contribution in [2.45, 2.75) is 26.5 Å². The first-order valence-electron chi connectivity index (χ1n) is 5.12. The van der Waals surface area contributed by atoms with E-state index in [4.69, 9.17) is 4.74 Å². The molecule has 84 valence electrons. The average molecular weight is 211 g/mol. The molecule has 2 nitrogen and oxygen atoms in total. The third kappa shape index (κ3) is 3.98. The van der Waals surface area contributed by atoms with Gasteiger partial charge < -0.3 is 10.1 Å². The van der Waals surface area contributed by atoms with Crippen LogP contribution in [0.15, 0.2) is 18.2 Å². The Labute approximate surface area is 90.4 Å². The number of nitrogens with one attached hydrogen (secondary N) is 1. The van der Waals surface area contributed by atoms with Gasteiger partial charge in [-0.2, -0.15) is 0 Å². The van der Waals surface area contributed by atoms with Crippen molar-refractivity contribution in [1.29, 1.82) is 0 Å². The molecule has 0 amide bonds. The topological polar surface area (TPSA) is 21.3 Å². The molecule has 0 aliphatic rings. The second kappa shape index (κ2) is 5.83. The number of halogens is 1. The quantitative estimate of drug-likeness (QED) is 0.806. The molecule has 0 bridgehead atoms. The average Bonchev–Trinajstić information content (AvgIpc) is 2.23. The Balaban J connectivity index is 2.41. The summed E-state index contributed by atoms with van der Waals surface area (Å²) in [5.41, 5.74) is 1.78. The molecule has 1 aromatic carbocycles. The van der Waals surface area contributed by atoms with Crippen LogP contribution in [0.1, 0.15) is 18.1 Å². The minimum Gasteiger partial charge on any atom is -0.380 e. The Bertz CT molecular complexity index is 314. The number of hydrogen-bond acceptors (Lipinski definition) is 2. The van der Waals surface area contributed by atoms with E-state index in [9.17, 15) is 4.39 Å². The highest BCUT2D eigenvalue weighted by atomic mass is 19.1. The lowest BCUT2D eigenvalue weighted by molar-refractivity contribution is 0.117. The van der Waals surface area contributed by atoms with Gasteiger partial charge in [-0.05, 0) is 31.0 Å². The van der Waals surface area contributed by atoms with Gasteiger partial charge in [-0.25, -0.2) is 4.39 Å². The third-order valence-electron chi connectivity index (χ3n) is 2.39. The molecule has 1 aromatic rings. The second-order valence-corrected chi connectivity index (χ2v) is 3.76. The molecule has 0 aliphatic heterocycles. The highest BCUT2D eigenvalue weighted by molar-refractivity contribution is 5.23. The van der Waals surface area contributed by atoms with Crippen LogP contribution in [0.4, 0.5) is 4.39 Å². The number of aryl methyl sites for hydroxylation is 1. The Morgan fingerprint density at radius 1 is 1.47 bits per heavy atom. The Kier molecular flexibility index (Phi) is 4.72. The van der Waals surface area contributed by atoms with Crippen molar-refractivity contribution < 1.29 is 9.13 Å². The molecular formula is C12H18FNO. The van der Waals surface area contributed by atoms with Crippen LogP contribution < -0.4 is 5.32 Å². The van der Waals surface area contributed by atoms with Gasteiger partial charge in [-0.15, -0.1) is 0 Å². The summed E-state index contributed by atoms with van der Waals surface area (Å²) in [7, 11) is 1.69. The van der Waals surface area contributed by atoms with Gasteiger partial charge in [-0.1, -0.05) is 12.1 Å². The lowest BCUT2D eigenvalue weighted by Crippen LogP contribution is -2.25. The van der Waals surface area contributed by atoms with E-state index in [1.807, 2.05) is 13.0 Å². The first-order chi connectivity index (χ1) is 7.13. The van der Waals surface area contributed by atoms with Crippen LogP contribution in [0.2, 0.25) is 0 Å². The predicted octanol–water partition coefficient (Wildman–Crippen LogP) is 2.26. The molecule has 0 spiro atoms. The van der Waals surface area contributed by atoms with Gasteiger partial charge in [-0.3, -0.25) is 0 Å². The number of ether oxygens (including phenoxy) is 1. The van der Waals surface area contributed by atoms with Gasteiger partial charge in [0.05, 0.1) is 6.10 Å². The minimum atomic E-state index is -0.149. The van der Waals surface area contributed by atoms with Crippen LogP contribution >= 0.6 is 0 Å². The lowest BCUT2D eigenvalue weighted by atomic mass is 10.1. The first kappa shape index (κ1) is 12.1. The summed E-state index contributed by atoms with van der Waals surface area (Å²) in [5, 5.41) is 3.25. The maximum atomic E-state index is 13.0. The Hall–Kier alpha value is -0.930. The van der Waals surface area contributed by atoms with Gasteiger partial charge >= 0.3 is 0 Å². The zero-order valence-corrected chi connectivity index (χ0v) is 9.51. The molecule has 15 heavy (non-hydrogen) atoms. The lowest BCUT2D eigenvalue weighted by Gasteiger charge is -2.11. The monoisotopic (exact) mass is 211 g/mol. The Morgan fingerprint density at radius 2 is 2.20 bits per heavy atom. The number of methoxy groups -OCH3 is 1. The highest BCUT2D eigenvalue weighted by Gasteiger charge is 2.00. The molecule has 0 saturated heterocycles. The van der Waals surface area contributed by atoms with Gasteiger partial charge in [0.25, 0.3) is 0 Å². The SMILES string of the molecule is COC(C)CNCc1ccc(F)c(C)c1. The van der Waals surface area contributed by atoms with Crippen molar-refractivity contribution in [3.8, 4) is 0 Å². The van der Waals surface area contributed by atoms with Crippen LogP contribution in [-0.2, 0) is 11.3 Å². The van der Waals surface area contributed by atoms with E-state index in [-0.39, 0.29) is 11.9 Å². The van der Waals surface area contributed by atoms with E-state index in [1.165, 1.54) is 6.07 Å². The van der Waals surface area contributed by atoms with Crippen molar-refractivity contribution >= 4 is 0 Å². The zero-order valence-electron chi connectivity index (χ0n) is 9.51. The van der Waals surface area contributed by atoms with Crippen molar-refractivity contribution in [1.82, 2.24) is 5.32 Å².